The average Bonchev–Trinajstić information content (AvgIpc) is 3.29. The van der Waals surface area contributed by atoms with Gasteiger partial charge in [-0.05, 0) is 36.9 Å². The lowest BCUT2D eigenvalue weighted by Crippen LogP contribution is -2.58. The number of hydrogen-bond donors (Lipinski definition) is 7. The fraction of sp³-hybridized carbons (Fsp3) is 0.632. The number of rotatable bonds is 16. The second kappa shape index (κ2) is 15.9. The monoisotopic (exact) mass is 520 g/mol. The summed E-state index contributed by atoms with van der Waals surface area (Å²) in [6.07, 6.45) is 7.48. The second-order valence-corrected chi connectivity index (χ2v) is 9.49. The molecule has 4 atom stereocenters. The molecule has 0 aliphatic heterocycles. The van der Waals surface area contributed by atoms with Crippen LogP contribution in [0.2, 0.25) is 0 Å². The van der Waals surface area contributed by atoms with Crippen molar-refractivity contribution in [3.8, 4) is 0 Å². The molecule has 0 saturated heterocycles. The smallest absolute Gasteiger partial charge is 0.326 e. The number of thioether (sulfide) groups is 2. The number of aromatic nitrogens is 2. The van der Waals surface area contributed by atoms with Gasteiger partial charge in [-0.2, -0.15) is 36.2 Å². The van der Waals surface area contributed by atoms with E-state index in [1.807, 2.05) is 12.5 Å². The van der Waals surface area contributed by atoms with Crippen LogP contribution in [-0.2, 0) is 25.6 Å². The van der Waals surface area contributed by atoms with E-state index in [0.717, 1.165) is 0 Å². The van der Waals surface area contributed by atoms with Crippen LogP contribution in [0, 0.1) is 0 Å². The van der Waals surface area contributed by atoms with E-state index in [1.54, 1.807) is 6.20 Å². The Hall–Kier alpha value is -1.90. The van der Waals surface area contributed by atoms with Crippen molar-refractivity contribution in [1.82, 2.24) is 25.9 Å². The Morgan fingerprint density at radius 2 is 1.58 bits per heavy atom. The van der Waals surface area contributed by atoms with Crippen molar-refractivity contribution in [2.45, 2.75) is 43.4 Å². The molecule has 7 N–H and O–H groups in total. The van der Waals surface area contributed by atoms with Crippen LogP contribution in [-0.4, -0.2) is 92.7 Å². The molecule has 1 rings (SSSR count). The summed E-state index contributed by atoms with van der Waals surface area (Å²) in [7, 11) is 0. The molecule has 4 unspecified atom stereocenters. The van der Waals surface area contributed by atoms with Gasteiger partial charge in [0.1, 0.15) is 18.1 Å². The minimum atomic E-state index is -1.14. The summed E-state index contributed by atoms with van der Waals surface area (Å²) in [4.78, 5) is 56.1. The van der Waals surface area contributed by atoms with Crippen molar-refractivity contribution in [1.29, 1.82) is 0 Å². The van der Waals surface area contributed by atoms with Gasteiger partial charge in [0.25, 0.3) is 0 Å². The first-order chi connectivity index (χ1) is 15.7. The zero-order valence-corrected chi connectivity index (χ0v) is 21.1. The first-order valence-electron chi connectivity index (χ1n) is 10.2. The SMILES string of the molecule is CSCCC(NC(=O)C(CCSC)NC(=O)C(CS)NC(=O)C(N)Cc1cnc[nH]1)C(=O)O. The molecule has 186 valence electrons. The molecule has 0 aliphatic rings. The van der Waals surface area contributed by atoms with E-state index < -0.39 is 47.9 Å². The van der Waals surface area contributed by atoms with Gasteiger partial charge in [0.2, 0.25) is 17.7 Å². The maximum absolute atomic E-state index is 12.8. The Bertz CT molecular complexity index is 767. The number of aliphatic carboxylic acids is 1. The number of nitrogens with two attached hydrogens (primary N) is 1. The van der Waals surface area contributed by atoms with Gasteiger partial charge in [-0.1, -0.05) is 0 Å². The molecule has 1 aromatic rings. The van der Waals surface area contributed by atoms with Gasteiger partial charge < -0.3 is 31.8 Å². The van der Waals surface area contributed by atoms with Crippen LogP contribution in [0.3, 0.4) is 0 Å². The Labute approximate surface area is 207 Å². The standard InChI is InChI=1S/C19H32N6O5S3/c1-32-5-3-13(17(27)24-14(19(29)30)4-6-33-2)23-18(28)15(9-31)25-16(26)12(20)7-11-8-21-10-22-11/h8,10,12-15,31H,3-7,9,20H2,1-2H3,(H,21,22)(H,23,28)(H,24,27)(H,25,26)(H,29,30). The minimum Gasteiger partial charge on any atom is -0.480 e. The van der Waals surface area contributed by atoms with Crippen molar-refractivity contribution in [2.24, 2.45) is 5.73 Å². The van der Waals surface area contributed by atoms with Crippen LogP contribution < -0.4 is 21.7 Å². The number of aromatic amines is 1. The number of carboxylic acids is 1. The van der Waals surface area contributed by atoms with E-state index in [-0.39, 0.29) is 18.6 Å². The maximum atomic E-state index is 12.8. The lowest BCUT2D eigenvalue weighted by atomic mass is 10.1. The summed E-state index contributed by atoms with van der Waals surface area (Å²) in [6, 6.07) is -3.95. The molecule has 11 nitrogen and oxygen atoms in total. The van der Waals surface area contributed by atoms with Gasteiger partial charge in [0.05, 0.1) is 12.4 Å². The number of nitrogens with one attached hydrogen (secondary N) is 4. The Morgan fingerprint density at radius 3 is 2.09 bits per heavy atom. The predicted octanol–water partition coefficient (Wildman–Crippen LogP) is -0.745. The van der Waals surface area contributed by atoms with E-state index in [9.17, 15) is 24.3 Å². The highest BCUT2D eigenvalue weighted by atomic mass is 32.2. The van der Waals surface area contributed by atoms with Gasteiger partial charge >= 0.3 is 5.97 Å². The summed E-state index contributed by atoms with van der Waals surface area (Å²) in [5.74, 6) is -1.78. The maximum Gasteiger partial charge on any atom is 0.326 e. The Morgan fingerprint density at radius 1 is 1.03 bits per heavy atom. The topological polar surface area (TPSA) is 179 Å². The largest absolute Gasteiger partial charge is 0.480 e. The molecule has 33 heavy (non-hydrogen) atoms. The van der Waals surface area contributed by atoms with Crippen molar-refractivity contribution in [2.75, 3.05) is 29.8 Å². The number of carbonyl (C=O) groups excluding carboxylic acids is 3. The molecule has 0 fully saturated rings. The molecule has 0 aromatic carbocycles. The quantitative estimate of drug-likeness (QED) is 0.138. The average molecular weight is 521 g/mol. The fourth-order valence-electron chi connectivity index (χ4n) is 2.74. The van der Waals surface area contributed by atoms with Gasteiger partial charge in [-0.15, -0.1) is 0 Å². The van der Waals surface area contributed by atoms with Gasteiger partial charge in [-0.25, -0.2) is 9.78 Å². The number of H-pyrrole nitrogens is 1. The number of carboxylic acid groups (broad SMARTS) is 1. The lowest BCUT2D eigenvalue weighted by molar-refractivity contribution is -0.142. The molecule has 0 saturated carbocycles. The van der Waals surface area contributed by atoms with Crippen molar-refractivity contribution in [3.63, 3.8) is 0 Å². The minimum absolute atomic E-state index is 0.0172. The van der Waals surface area contributed by atoms with E-state index >= 15 is 0 Å². The highest BCUT2D eigenvalue weighted by molar-refractivity contribution is 7.98. The first-order valence-corrected chi connectivity index (χ1v) is 13.6. The number of thiol groups is 1. The number of carbonyl (C=O) groups is 4. The number of imidazole rings is 1. The van der Waals surface area contributed by atoms with E-state index in [0.29, 0.717) is 23.6 Å². The first kappa shape index (κ1) is 29.1. The van der Waals surface area contributed by atoms with E-state index in [4.69, 9.17) is 5.73 Å². The van der Waals surface area contributed by atoms with Crippen LogP contribution in [0.15, 0.2) is 12.5 Å². The fourth-order valence-corrected chi connectivity index (χ4v) is 3.94. The van der Waals surface area contributed by atoms with Gasteiger partial charge in [0.15, 0.2) is 0 Å². The zero-order valence-electron chi connectivity index (χ0n) is 18.6. The highest BCUT2D eigenvalue weighted by Crippen LogP contribution is 2.06. The molecular weight excluding hydrogens is 488 g/mol. The molecule has 3 amide bonds. The summed E-state index contributed by atoms with van der Waals surface area (Å²) in [6.45, 7) is 0. The number of amides is 3. The molecule has 1 aromatic heterocycles. The zero-order chi connectivity index (χ0) is 24.8. The second-order valence-electron chi connectivity index (χ2n) is 7.15. The van der Waals surface area contributed by atoms with Crippen LogP contribution >= 0.6 is 36.2 Å². The third kappa shape index (κ3) is 10.7. The normalized spacial score (nSPS) is 14.5. The van der Waals surface area contributed by atoms with Crippen LogP contribution in [0.1, 0.15) is 18.5 Å². The van der Waals surface area contributed by atoms with Crippen molar-refractivity contribution in [3.05, 3.63) is 18.2 Å². The van der Waals surface area contributed by atoms with Crippen molar-refractivity contribution < 1.29 is 24.3 Å². The molecule has 0 aliphatic carbocycles. The summed E-state index contributed by atoms with van der Waals surface area (Å²) >= 11 is 7.09. The molecular formula is C19H32N6O5S3. The Kier molecular flexibility index (Phi) is 14.0. The molecule has 1 heterocycles. The molecule has 0 bridgehead atoms. The van der Waals surface area contributed by atoms with Crippen LogP contribution in [0.4, 0.5) is 0 Å². The van der Waals surface area contributed by atoms with Crippen molar-refractivity contribution >= 4 is 59.8 Å². The summed E-state index contributed by atoms with van der Waals surface area (Å²) < 4.78 is 0. The lowest BCUT2D eigenvalue weighted by Gasteiger charge is -2.24. The third-order valence-electron chi connectivity index (χ3n) is 4.62. The van der Waals surface area contributed by atoms with Crippen LogP contribution in [0.5, 0.6) is 0 Å². The third-order valence-corrected chi connectivity index (χ3v) is 6.27. The summed E-state index contributed by atoms with van der Waals surface area (Å²) in [5, 5.41) is 17.0. The predicted molar refractivity (Wildman–Crippen MR) is 134 cm³/mol. The van der Waals surface area contributed by atoms with Crippen LogP contribution in [0.25, 0.3) is 0 Å². The number of nitrogens with zero attached hydrogens (tertiary/aromatic N) is 1. The van der Waals surface area contributed by atoms with E-state index in [1.165, 1.54) is 29.9 Å². The molecule has 0 spiro atoms. The molecule has 14 heteroatoms. The van der Waals surface area contributed by atoms with Gasteiger partial charge in [-0.3, -0.25) is 14.4 Å². The Balaban J connectivity index is 2.77. The molecule has 0 radical (unpaired) electrons. The summed E-state index contributed by atoms with van der Waals surface area (Å²) in [5.41, 5.74) is 6.58. The van der Waals surface area contributed by atoms with E-state index in [2.05, 4.69) is 38.5 Å². The number of hydrogen-bond acceptors (Lipinski definition) is 9. The highest BCUT2D eigenvalue weighted by Gasteiger charge is 2.29. The van der Waals surface area contributed by atoms with Gasteiger partial charge in [0, 0.05) is 24.1 Å².